The first-order chi connectivity index (χ1) is 14.7. The summed E-state index contributed by atoms with van der Waals surface area (Å²) in [5.41, 5.74) is 1.69. The third-order valence-corrected chi connectivity index (χ3v) is 5.85. The van der Waals surface area contributed by atoms with Gasteiger partial charge in [0.25, 0.3) is 0 Å². The van der Waals surface area contributed by atoms with Crippen molar-refractivity contribution in [1.29, 1.82) is 0 Å². The van der Waals surface area contributed by atoms with Gasteiger partial charge in [-0.3, -0.25) is 14.5 Å². The molecule has 2 amide bonds. The highest BCUT2D eigenvalue weighted by atomic mass is 16.6. The second-order valence-corrected chi connectivity index (χ2v) is 7.69. The normalized spacial score (nSPS) is 20.4. The fourth-order valence-electron chi connectivity index (χ4n) is 4.40. The Balaban J connectivity index is 1.37. The molecule has 156 valence electrons. The topological polar surface area (TPSA) is 68.3 Å². The number of fused-ring (bicyclic) bond motifs is 2. The second kappa shape index (κ2) is 7.89. The van der Waals surface area contributed by atoms with Gasteiger partial charge in [0.15, 0.2) is 11.5 Å². The maximum Gasteiger partial charge on any atom is 0.243 e. The molecule has 1 unspecified atom stereocenters. The van der Waals surface area contributed by atoms with E-state index in [1.165, 1.54) is 0 Å². The first-order valence-electron chi connectivity index (χ1n) is 10.4. The van der Waals surface area contributed by atoms with Crippen molar-refractivity contribution in [2.45, 2.75) is 25.3 Å². The maximum atomic E-state index is 13.3. The van der Waals surface area contributed by atoms with Crippen molar-refractivity contribution in [2.75, 3.05) is 37.8 Å². The average molecular weight is 408 g/mol. The minimum Gasteiger partial charge on any atom is -0.491 e. The molecule has 0 radical (unpaired) electrons. The van der Waals surface area contributed by atoms with Gasteiger partial charge in [0.1, 0.15) is 25.5 Å². The number of likely N-dealkylation sites (tertiary alicyclic amines) is 1. The lowest BCUT2D eigenvalue weighted by atomic mass is 10.0. The van der Waals surface area contributed by atoms with Crippen molar-refractivity contribution in [3.05, 3.63) is 48.0 Å². The first kappa shape index (κ1) is 18.8. The van der Waals surface area contributed by atoms with Gasteiger partial charge in [-0.05, 0) is 42.7 Å². The van der Waals surface area contributed by atoms with Gasteiger partial charge < -0.3 is 19.1 Å². The van der Waals surface area contributed by atoms with Crippen molar-refractivity contribution in [3.63, 3.8) is 0 Å². The number of amides is 2. The molecule has 1 saturated heterocycles. The van der Waals surface area contributed by atoms with Crippen LogP contribution in [-0.2, 0) is 9.59 Å². The number of hydrogen-bond donors (Lipinski definition) is 0. The fourth-order valence-corrected chi connectivity index (χ4v) is 4.40. The predicted octanol–water partition coefficient (Wildman–Crippen LogP) is 2.94. The fraction of sp³-hybridized carbons (Fsp3) is 0.391. The molecule has 5 rings (SSSR count). The summed E-state index contributed by atoms with van der Waals surface area (Å²) in [5, 5.41) is 0. The monoisotopic (exact) mass is 408 g/mol. The van der Waals surface area contributed by atoms with Gasteiger partial charge in [-0.1, -0.05) is 18.2 Å². The molecule has 7 heteroatoms. The molecule has 7 nitrogen and oxygen atoms in total. The van der Waals surface area contributed by atoms with Gasteiger partial charge in [-0.2, -0.15) is 0 Å². The summed E-state index contributed by atoms with van der Waals surface area (Å²) < 4.78 is 17.0. The number of para-hydroxylation sites is 2. The minimum absolute atomic E-state index is 0.0141. The zero-order valence-electron chi connectivity index (χ0n) is 16.7. The Morgan fingerprint density at radius 3 is 2.67 bits per heavy atom. The van der Waals surface area contributed by atoms with E-state index in [1.807, 2.05) is 47.4 Å². The molecule has 0 aliphatic carbocycles. The second-order valence-electron chi connectivity index (χ2n) is 7.69. The molecule has 2 aromatic carbocycles. The zero-order valence-corrected chi connectivity index (χ0v) is 16.7. The summed E-state index contributed by atoms with van der Waals surface area (Å²) in [6, 6.07) is 13.2. The number of anilines is 1. The SMILES string of the molecule is O=C1CCOc2ccccc2N1CC(=O)N1CCCC1c1ccc2c(c1)OCCO2. The van der Waals surface area contributed by atoms with Gasteiger partial charge in [0.05, 0.1) is 24.8 Å². The smallest absolute Gasteiger partial charge is 0.243 e. The lowest BCUT2D eigenvalue weighted by molar-refractivity contribution is -0.132. The highest BCUT2D eigenvalue weighted by Crippen LogP contribution is 2.38. The summed E-state index contributed by atoms with van der Waals surface area (Å²) in [5.74, 6) is 1.96. The molecule has 0 saturated carbocycles. The number of hydrogen-bond acceptors (Lipinski definition) is 5. The number of carbonyl (C=O) groups excluding carboxylic acids is 2. The third kappa shape index (κ3) is 3.44. The summed E-state index contributed by atoms with van der Waals surface area (Å²) >= 11 is 0. The molecular formula is C23H24N2O5. The third-order valence-electron chi connectivity index (χ3n) is 5.85. The van der Waals surface area contributed by atoms with Crippen LogP contribution >= 0.6 is 0 Å². The maximum absolute atomic E-state index is 13.3. The van der Waals surface area contributed by atoms with Crippen molar-refractivity contribution in [3.8, 4) is 17.2 Å². The molecule has 3 aliphatic heterocycles. The number of ether oxygens (including phenoxy) is 3. The van der Waals surface area contributed by atoms with Gasteiger partial charge >= 0.3 is 0 Å². The molecule has 3 heterocycles. The van der Waals surface area contributed by atoms with E-state index in [2.05, 4.69) is 0 Å². The van der Waals surface area contributed by atoms with E-state index >= 15 is 0 Å². The van der Waals surface area contributed by atoms with Crippen molar-refractivity contribution in [1.82, 2.24) is 4.90 Å². The Labute approximate surface area is 175 Å². The number of carbonyl (C=O) groups is 2. The largest absolute Gasteiger partial charge is 0.491 e. The molecule has 1 fully saturated rings. The standard InChI is InChI=1S/C23H24N2O5/c26-22-9-11-28-19-6-2-1-4-18(19)25(22)15-23(27)24-10-3-5-17(24)16-7-8-20-21(14-16)30-13-12-29-20/h1-2,4,6-8,14,17H,3,5,9-13,15H2. The van der Waals surface area contributed by atoms with Crippen LogP contribution in [0.5, 0.6) is 17.2 Å². The van der Waals surface area contributed by atoms with Crippen molar-refractivity contribution in [2.24, 2.45) is 0 Å². The quantitative estimate of drug-likeness (QED) is 0.781. The molecule has 2 aromatic rings. The molecule has 0 N–H and O–H groups in total. The Bertz CT molecular complexity index is 976. The van der Waals surface area contributed by atoms with Gasteiger partial charge in [0.2, 0.25) is 11.8 Å². The first-order valence-corrected chi connectivity index (χ1v) is 10.4. The zero-order chi connectivity index (χ0) is 20.5. The summed E-state index contributed by atoms with van der Waals surface area (Å²) in [6.07, 6.45) is 2.07. The number of benzene rings is 2. The van der Waals surface area contributed by atoms with Crippen LogP contribution in [0.1, 0.15) is 30.9 Å². The van der Waals surface area contributed by atoms with E-state index in [-0.39, 0.29) is 30.8 Å². The minimum atomic E-state index is -0.0941. The van der Waals surface area contributed by atoms with Crippen LogP contribution in [0, 0.1) is 0 Å². The molecule has 1 atom stereocenters. The molecule has 3 aliphatic rings. The molecule has 0 aromatic heterocycles. The van der Waals surface area contributed by atoms with Crippen LogP contribution in [0.2, 0.25) is 0 Å². The van der Waals surface area contributed by atoms with Crippen molar-refractivity contribution < 1.29 is 23.8 Å². The Morgan fingerprint density at radius 2 is 1.77 bits per heavy atom. The van der Waals surface area contributed by atoms with Crippen LogP contribution in [0.25, 0.3) is 0 Å². The van der Waals surface area contributed by atoms with Crippen LogP contribution < -0.4 is 19.1 Å². The summed E-state index contributed by atoms with van der Waals surface area (Å²) in [7, 11) is 0. The number of rotatable bonds is 3. The summed E-state index contributed by atoms with van der Waals surface area (Å²) in [6.45, 7) is 2.10. The molecule has 0 bridgehead atoms. The molecule has 30 heavy (non-hydrogen) atoms. The Hall–Kier alpha value is -3.22. The van der Waals surface area contributed by atoms with Gasteiger partial charge in [0, 0.05) is 6.54 Å². The van der Waals surface area contributed by atoms with Crippen LogP contribution in [0.3, 0.4) is 0 Å². The molecule has 0 spiro atoms. The van der Waals surface area contributed by atoms with Crippen LogP contribution in [0.4, 0.5) is 5.69 Å². The number of nitrogens with zero attached hydrogens (tertiary/aromatic N) is 2. The predicted molar refractivity (Wildman–Crippen MR) is 110 cm³/mol. The van der Waals surface area contributed by atoms with Crippen LogP contribution in [-0.4, -0.2) is 49.6 Å². The van der Waals surface area contributed by atoms with E-state index < -0.39 is 0 Å². The van der Waals surface area contributed by atoms with E-state index in [9.17, 15) is 9.59 Å². The van der Waals surface area contributed by atoms with Crippen LogP contribution in [0.15, 0.2) is 42.5 Å². The van der Waals surface area contributed by atoms with E-state index in [4.69, 9.17) is 14.2 Å². The van der Waals surface area contributed by atoms with Gasteiger partial charge in [-0.15, -0.1) is 0 Å². The van der Waals surface area contributed by atoms with E-state index in [0.717, 1.165) is 29.9 Å². The highest BCUT2D eigenvalue weighted by Gasteiger charge is 2.33. The Kier molecular flexibility index (Phi) is 4.94. The van der Waals surface area contributed by atoms with Gasteiger partial charge in [-0.25, -0.2) is 0 Å². The lowest BCUT2D eigenvalue weighted by Gasteiger charge is -2.29. The highest BCUT2D eigenvalue weighted by molar-refractivity contribution is 6.00. The summed E-state index contributed by atoms with van der Waals surface area (Å²) in [4.78, 5) is 29.4. The average Bonchev–Trinajstić information content (AvgIpc) is 3.22. The molecular weight excluding hydrogens is 384 g/mol. The van der Waals surface area contributed by atoms with E-state index in [1.54, 1.807) is 4.90 Å². The van der Waals surface area contributed by atoms with E-state index in [0.29, 0.717) is 37.8 Å². The lowest BCUT2D eigenvalue weighted by Crippen LogP contribution is -2.42. The van der Waals surface area contributed by atoms with Crippen molar-refractivity contribution >= 4 is 17.5 Å². The Morgan fingerprint density at radius 1 is 0.967 bits per heavy atom.